The third-order valence-corrected chi connectivity index (χ3v) is 9.51. The van der Waals surface area contributed by atoms with Gasteiger partial charge < -0.3 is 21.3 Å². The molecule has 5 N–H and O–H groups in total. The quantitative estimate of drug-likeness (QED) is 0.344. The Morgan fingerprint density at radius 3 is 2.40 bits per heavy atom. The molecule has 10 nitrogen and oxygen atoms in total. The summed E-state index contributed by atoms with van der Waals surface area (Å²) in [5.41, 5.74) is 3.06. The summed E-state index contributed by atoms with van der Waals surface area (Å²) >= 11 is 0. The van der Waals surface area contributed by atoms with Gasteiger partial charge in [0.2, 0.25) is 5.91 Å². The number of phenols is 1. The number of carbonyl (C=O) groups is 5. The third kappa shape index (κ3) is 4.70. The second-order valence-corrected chi connectivity index (χ2v) is 12.9. The summed E-state index contributed by atoms with van der Waals surface area (Å²) in [5, 5.41) is 25.7. The predicted octanol–water partition coefficient (Wildman–Crippen LogP) is 1.07. The molecule has 0 spiro atoms. The van der Waals surface area contributed by atoms with Crippen LogP contribution in [0.4, 0.5) is 4.39 Å². The van der Waals surface area contributed by atoms with Gasteiger partial charge in [0.25, 0.3) is 0 Å². The Labute approximate surface area is 248 Å². The number of aromatic hydroxyl groups is 1. The normalized spacial score (nSPS) is 28.9. The van der Waals surface area contributed by atoms with Crippen LogP contribution in [0.25, 0.3) is 0 Å². The molecule has 3 aliphatic carbocycles. The van der Waals surface area contributed by atoms with Crippen LogP contribution in [0.1, 0.15) is 47.3 Å². The molecule has 2 aromatic rings. The number of halogens is 1. The van der Waals surface area contributed by atoms with Crippen molar-refractivity contribution in [1.29, 1.82) is 0 Å². The third-order valence-electron chi connectivity index (χ3n) is 9.51. The number of primary amides is 1. The molecule has 0 saturated heterocycles. The van der Waals surface area contributed by atoms with Crippen molar-refractivity contribution in [2.75, 3.05) is 20.6 Å². The fourth-order valence-corrected chi connectivity index (χ4v) is 7.34. The molecule has 0 aliphatic heterocycles. The predicted molar refractivity (Wildman–Crippen MR) is 152 cm³/mol. The van der Waals surface area contributed by atoms with E-state index in [1.54, 1.807) is 0 Å². The van der Waals surface area contributed by atoms with Crippen LogP contribution in [0.15, 0.2) is 36.4 Å². The maximum absolute atomic E-state index is 16.0. The molecule has 228 valence electrons. The molecule has 6 atom stereocenters. The second kappa shape index (κ2) is 10.7. The molecule has 0 heterocycles. The van der Waals surface area contributed by atoms with Gasteiger partial charge in [-0.15, -0.1) is 0 Å². The van der Waals surface area contributed by atoms with E-state index >= 15 is 4.39 Å². The van der Waals surface area contributed by atoms with E-state index < -0.39 is 75.9 Å². The molecular formula is C32H36FN3O7. The highest BCUT2D eigenvalue weighted by Gasteiger charge is 2.69. The van der Waals surface area contributed by atoms with Crippen molar-refractivity contribution in [3.63, 3.8) is 0 Å². The van der Waals surface area contributed by atoms with Crippen molar-refractivity contribution < 1.29 is 38.6 Å². The number of aliphatic hydroxyl groups is 1. The molecule has 1 amide bonds. The summed E-state index contributed by atoms with van der Waals surface area (Å²) < 4.78 is 16.0. The Kier molecular flexibility index (Phi) is 7.65. The molecule has 2 saturated carbocycles. The van der Waals surface area contributed by atoms with E-state index in [2.05, 4.69) is 5.32 Å². The number of hydrogen-bond donors (Lipinski definition) is 4. The van der Waals surface area contributed by atoms with Crippen molar-refractivity contribution >= 4 is 29.0 Å². The van der Waals surface area contributed by atoms with Gasteiger partial charge >= 0.3 is 0 Å². The Morgan fingerprint density at radius 2 is 1.79 bits per heavy atom. The summed E-state index contributed by atoms with van der Waals surface area (Å²) in [6.07, 6.45) is -0.271. The number of amides is 1. The van der Waals surface area contributed by atoms with E-state index in [0.29, 0.717) is 6.54 Å². The minimum absolute atomic E-state index is 0.0477. The Bertz CT molecular complexity index is 1540. The number of rotatable bonds is 7. The smallest absolute Gasteiger partial charge is 0.235 e. The van der Waals surface area contributed by atoms with Gasteiger partial charge in [-0.2, -0.15) is 0 Å². The number of likely N-dealkylation sites (N-methyl/N-ethyl adjacent to an activating group) is 1. The van der Waals surface area contributed by atoms with Crippen molar-refractivity contribution in [2.45, 2.75) is 50.3 Å². The lowest BCUT2D eigenvalue weighted by molar-refractivity contribution is -0.181. The van der Waals surface area contributed by atoms with Gasteiger partial charge in [0, 0.05) is 35.5 Å². The zero-order valence-corrected chi connectivity index (χ0v) is 24.5. The average Bonchev–Trinajstić information content (AvgIpc) is 2.93. The van der Waals surface area contributed by atoms with Gasteiger partial charge in [-0.1, -0.05) is 44.2 Å². The molecule has 2 unspecified atom stereocenters. The van der Waals surface area contributed by atoms with E-state index in [4.69, 9.17) is 5.73 Å². The number of nitrogens with one attached hydrogen (secondary N) is 1. The number of Topliss-reactive ketones (excluding diaryl/α,β-unsaturated/α-hetero) is 4. The fourth-order valence-electron chi connectivity index (χ4n) is 7.34. The zero-order chi connectivity index (χ0) is 31.6. The van der Waals surface area contributed by atoms with Crippen LogP contribution in [0.5, 0.6) is 5.75 Å². The molecule has 3 aliphatic rings. The van der Waals surface area contributed by atoms with E-state index in [-0.39, 0.29) is 41.5 Å². The first kappa shape index (κ1) is 30.7. The lowest BCUT2D eigenvalue weighted by Gasteiger charge is -2.52. The molecular weight excluding hydrogens is 557 g/mol. The van der Waals surface area contributed by atoms with E-state index in [9.17, 15) is 34.2 Å². The lowest BCUT2D eigenvalue weighted by Crippen LogP contribution is -2.74. The summed E-state index contributed by atoms with van der Waals surface area (Å²) in [7, 11) is 3.01. The van der Waals surface area contributed by atoms with Crippen LogP contribution < -0.4 is 11.1 Å². The largest absolute Gasteiger partial charge is 0.507 e. The average molecular weight is 594 g/mol. The number of nitrogens with two attached hydrogens (primary N) is 1. The number of ketones is 4. The Hall–Kier alpha value is -3.80. The van der Waals surface area contributed by atoms with Gasteiger partial charge in [0.05, 0.1) is 17.5 Å². The van der Waals surface area contributed by atoms with E-state index in [1.165, 1.54) is 19.0 Å². The summed E-state index contributed by atoms with van der Waals surface area (Å²) in [6.45, 7) is 4.65. The number of carbonyl (C=O) groups excluding carboxylic acids is 5. The Morgan fingerprint density at radius 1 is 1.14 bits per heavy atom. The highest BCUT2D eigenvalue weighted by atomic mass is 19.1. The minimum atomic E-state index is -2.82. The molecule has 43 heavy (non-hydrogen) atoms. The van der Waals surface area contributed by atoms with Crippen molar-refractivity contribution in [1.82, 2.24) is 10.2 Å². The van der Waals surface area contributed by atoms with Crippen molar-refractivity contribution in [2.24, 2.45) is 29.4 Å². The monoisotopic (exact) mass is 593 g/mol. The maximum atomic E-state index is 16.0. The molecule has 0 aromatic heterocycles. The lowest BCUT2D eigenvalue weighted by atomic mass is 9.52. The van der Waals surface area contributed by atoms with Crippen molar-refractivity contribution in [3.8, 4) is 5.75 Å². The summed E-state index contributed by atoms with van der Waals surface area (Å²) in [5.74, 6) is -12.5. The number of phenolic OH excluding ortho intramolecular Hbond substituents is 1. The van der Waals surface area contributed by atoms with Gasteiger partial charge in [0.1, 0.15) is 11.6 Å². The first-order chi connectivity index (χ1) is 20.1. The van der Waals surface area contributed by atoms with Crippen LogP contribution in [-0.4, -0.2) is 76.4 Å². The van der Waals surface area contributed by atoms with Crippen molar-refractivity contribution in [3.05, 3.63) is 64.5 Å². The molecule has 0 bridgehead atoms. The Balaban J connectivity index is 1.47. The van der Waals surface area contributed by atoms with Gasteiger partial charge in [-0.3, -0.25) is 28.9 Å². The van der Waals surface area contributed by atoms with Gasteiger partial charge in [-0.05, 0) is 44.5 Å². The molecule has 0 radical (unpaired) electrons. The summed E-state index contributed by atoms with van der Waals surface area (Å²) in [4.78, 5) is 67.6. The SMILES string of the molecule is CN(C)[C@@H]1C(=O)C(C(N)=O)C(=O)[C@@]2(O)C(=O)C3C(=O)c4c(O)cc(CNCC(C)(C)c5ccccc5)c(F)c4C[C@H]3C[C@@H]12. The number of benzene rings is 2. The van der Waals surface area contributed by atoms with Gasteiger partial charge in [-0.25, -0.2) is 4.39 Å². The first-order valence-electron chi connectivity index (χ1n) is 14.3. The van der Waals surface area contributed by atoms with Crippen LogP contribution in [-0.2, 0) is 37.6 Å². The van der Waals surface area contributed by atoms with Crippen LogP contribution in [0.2, 0.25) is 0 Å². The topological polar surface area (TPSA) is 167 Å². The minimum Gasteiger partial charge on any atom is -0.507 e. The fraction of sp³-hybridized carbons (Fsp3) is 0.469. The highest BCUT2D eigenvalue weighted by molar-refractivity contribution is 6.32. The highest BCUT2D eigenvalue weighted by Crippen LogP contribution is 2.51. The van der Waals surface area contributed by atoms with Crippen LogP contribution >= 0.6 is 0 Å². The maximum Gasteiger partial charge on any atom is 0.235 e. The number of hydrogen-bond acceptors (Lipinski definition) is 9. The van der Waals surface area contributed by atoms with E-state index in [1.807, 2.05) is 44.2 Å². The second-order valence-electron chi connectivity index (χ2n) is 12.9. The zero-order valence-electron chi connectivity index (χ0n) is 24.5. The molecule has 2 fully saturated rings. The first-order valence-corrected chi connectivity index (χ1v) is 14.3. The van der Waals surface area contributed by atoms with E-state index in [0.717, 1.165) is 11.6 Å². The van der Waals surface area contributed by atoms with Crippen LogP contribution in [0.3, 0.4) is 0 Å². The molecule has 5 rings (SSSR count). The van der Waals surface area contributed by atoms with Gasteiger partial charge in [0.15, 0.2) is 34.7 Å². The molecule has 11 heteroatoms. The number of fused-ring (bicyclic) bond motifs is 3. The summed E-state index contributed by atoms with van der Waals surface area (Å²) in [6, 6.07) is 9.74. The molecule has 2 aromatic carbocycles. The number of nitrogens with zero attached hydrogens (tertiary/aromatic N) is 1. The standard InChI is InChI=1S/C32H36FN3O7/c1-31(2,17-8-6-5-7-9-17)14-35-13-16-12-20(37)22-18(24(16)33)10-15-11-19-25(36(3)4)27(39)23(30(34)42)29(41)32(19,43)28(40)21(15)26(22)38/h5-9,12,15,19,21,23,25,35,37,43H,10-11,13-14H2,1-4H3,(H2,34,42)/t15-,19-,21?,23?,25-,32-/m0/s1. The van der Waals surface area contributed by atoms with Crippen LogP contribution in [0, 0.1) is 29.5 Å².